The lowest BCUT2D eigenvalue weighted by Crippen LogP contribution is -2.28. The Kier molecular flexibility index (Phi) is 5.88. The standard InChI is InChI=1S/C12H19NO.ClH/c1-8-5-6-11(7-9(8)2)12(14)10(3)13-4;/h5-7,10,12-14H,1-4H3;1H/t10-,12-;/m0./s1. The van der Waals surface area contributed by atoms with Gasteiger partial charge in [0.2, 0.25) is 0 Å². The van der Waals surface area contributed by atoms with Gasteiger partial charge in [-0.05, 0) is 44.5 Å². The normalized spacial score (nSPS) is 14.2. The maximum atomic E-state index is 9.94. The van der Waals surface area contributed by atoms with E-state index in [1.807, 2.05) is 26.1 Å². The molecule has 3 heteroatoms. The lowest BCUT2D eigenvalue weighted by Gasteiger charge is -2.19. The van der Waals surface area contributed by atoms with E-state index in [4.69, 9.17) is 0 Å². The molecule has 0 aromatic heterocycles. The molecule has 15 heavy (non-hydrogen) atoms. The number of benzene rings is 1. The number of aryl methyl sites for hydroxylation is 2. The molecule has 0 spiro atoms. The second-order valence-corrected chi connectivity index (χ2v) is 3.87. The highest BCUT2D eigenvalue weighted by Crippen LogP contribution is 2.19. The zero-order valence-electron chi connectivity index (χ0n) is 9.74. The third-order valence-electron chi connectivity index (χ3n) is 2.80. The average molecular weight is 230 g/mol. The van der Waals surface area contributed by atoms with Crippen LogP contribution in [0.5, 0.6) is 0 Å². The van der Waals surface area contributed by atoms with Crippen molar-refractivity contribution in [3.05, 3.63) is 34.9 Å². The van der Waals surface area contributed by atoms with E-state index in [2.05, 4.69) is 25.2 Å². The van der Waals surface area contributed by atoms with Crippen molar-refractivity contribution in [2.75, 3.05) is 7.05 Å². The summed E-state index contributed by atoms with van der Waals surface area (Å²) in [5, 5.41) is 13.0. The zero-order valence-corrected chi connectivity index (χ0v) is 10.6. The summed E-state index contributed by atoms with van der Waals surface area (Å²) in [7, 11) is 1.86. The minimum Gasteiger partial charge on any atom is -0.387 e. The SMILES string of the molecule is CN[C@@H](C)[C@H](O)c1ccc(C)c(C)c1.Cl. The number of halogens is 1. The number of likely N-dealkylation sites (N-methyl/N-ethyl adjacent to an activating group) is 1. The molecule has 86 valence electrons. The van der Waals surface area contributed by atoms with E-state index >= 15 is 0 Å². The zero-order chi connectivity index (χ0) is 10.7. The maximum Gasteiger partial charge on any atom is 0.0940 e. The third-order valence-corrected chi connectivity index (χ3v) is 2.80. The molecule has 0 aliphatic rings. The molecule has 0 aliphatic carbocycles. The summed E-state index contributed by atoms with van der Waals surface area (Å²) in [6.45, 7) is 6.11. The van der Waals surface area contributed by atoms with Gasteiger partial charge in [0.1, 0.15) is 0 Å². The van der Waals surface area contributed by atoms with Crippen molar-refractivity contribution in [1.29, 1.82) is 0 Å². The maximum absolute atomic E-state index is 9.94. The number of nitrogens with one attached hydrogen (secondary N) is 1. The fraction of sp³-hybridized carbons (Fsp3) is 0.500. The van der Waals surface area contributed by atoms with Crippen LogP contribution in [0.4, 0.5) is 0 Å². The molecule has 0 unspecified atom stereocenters. The molecule has 1 rings (SSSR count). The van der Waals surface area contributed by atoms with Crippen LogP contribution in [0.25, 0.3) is 0 Å². The number of aliphatic hydroxyl groups is 1. The first kappa shape index (κ1) is 14.4. The van der Waals surface area contributed by atoms with Gasteiger partial charge in [-0.2, -0.15) is 0 Å². The molecule has 0 aliphatic heterocycles. The molecule has 2 nitrogen and oxygen atoms in total. The molecule has 0 saturated heterocycles. The Bertz CT molecular complexity index is 314. The quantitative estimate of drug-likeness (QED) is 0.834. The largest absolute Gasteiger partial charge is 0.387 e. The average Bonchev–Trinajstić information content (AvgIpc) is 2.20. The lowest BCUT2D eigenvalue weighted by molar-refractivity contribution is 0.140. The van der Waals surface area contributed by atoms with Crippen molar-refractivity contribution in [2.45, 2.75) is 32.9 Å². The Morgan fingerprint density at radius 1 is 1.20 bits per heavy atom. The molecule has 2 atom stereocenters. The van der Waals surface area contributed by atoms with Crippen LogP contribution in [0.2, 0.25) is 0 Å². The first-order valence-corrected chi connectivity index (χ1v) is 4.98. The molecule has 0 radical (unpaired) electrons. The summed E-state index contributed by atoms with van der Waals surface area (Å²) < 4.78 is 0. The van der Waals surface area contributed by atoms with Crippen LogP contribution in [0.3, 0.4) is 0 Å². The van der Waals surface area contributed by atoms with Gasteiger partial charge in [-0.1, -0.05) is 18.2 Å². The molecule has 1 aromatic rings. The Balaban J connectivity index is 0.00000196. The molecular weight excluding hydrogens is 210 g/mol. The number of hydrogen-bond acceptors (Lipinski definition) is 2. The highest BCUT2D eigenvalue weighted by atomic mass is 35.5. The van der Waals surface area contributed by atoms with Gasteiger partial charge < -0.3 is 10.4 Å². The molecule has 0 fully saturated rings. The molecule has 0 saturated carbocycles. The van der Waals surface area contributed by atoms with E-state index in [0.717, 1.165) is 5.56 Å². The first-order valence-electron chi connectivity index (χ1n) is 4.98. The summed E-state index contributed by atoms with van der Waals surface area (Å²) >= 11 is 0. The fourth-order valence-electron chi connectivity index (χ4n) is 1.40. The van der Waals surface area contributed by atoms with Crippen molar-refractivity contribution in [3.8, 4) is 0 Å². The highest BCUT2D eigenvalue weighted by Gasteiger charge is 2.14. The van der Waals surface area contributed by atoms with Crippen LogP contribution in [-0.4, -0.2) is 18.2 Å². The van der Waals surface area contributed by atoms with Crippen molar-refractivity contribution < 1.29 is 5.11 Å². The summed E-state index contributed by atoms with van der Waals surface area (Å²) in [5.41, 5.74) is 3.47. The van der Waals surface area contributed by atoms with Gasteiger partial charge in [0.05, 0.1) is 6.10 Å². The van der Waals surface area contributed by atoms with Crippen molar-refractivity contribution in [2.24, 2.45) is 0 Å². The Labute approximate surface area is 98.1 Å². The molecule has 0 heterocycles. The van der Waals surface area contributed by atoms with E-state index < -0.39 is 6.10 Å². The van der Waals surface area contributed by atoms with Gasteiger partial charge in [-0.15, -0.1) is 12.4 Å². The molecule has 0 bridgehead atoms. The fourth-order valence-corrected chi connectivity index (χ4v) is 1.40. The molecular formula is C12H20ClNO. The third kappa shape index (κ3) is 3.49. The molecule has 2 N–H and O–H groups in total. The number of rotatable bonds is 3. The van der Waals surface area contributed by atoms with E-state index in [-0.39, 0.29) is 18.4 Å². The topological polar surface area (TPSA) is 32.3 Å². The predicted octanol–water partition coefficient (Wildman–Crippen LogP) is 2.37. The van der Waals surface area contributed by atoms with Crippen LogP contribution in [0.1, 0.15) is 29.7 Å². The Hall–Kier alpha value is -0.570. The number of hydrogen-bond donors (Lipinski definition) is 2. The Morgan fingerprint density at radius 3 is 2.27 bits per heavy atom. The summed E-state index contributed by atoms with van der Waals surface area (Å²) in [6.07, 6.45) is -0.431. The monoisotopic (exact) mass is 229 g/mol. The molecule has 1 aromatic carbocycles. The van der Waals surface area contributed by atoms with Crippen LogP contribution < -0.4 is 5.32 Å². The summed E-state index contributed by atoms with van der Waals surface area (Å²) in [6, 6.07) is 6.17. The van der Waals surface area contributed by atoms with Gasteiger partial charge in [0, 0.05) is 6.04 Å². The van der Waals surface area contributed by atoms with Crippen LogP contribution in [0.15, 0.2) is 18.2 Å². The Morgan fingerprint density at radius 2 is 1.80 bits per heavy atom. The summed E-state index contributed by atoms with van der Waals surface area (Å²) in [4.78, 5) is 0. The minimum absolute atomic E-state index is 0. The van der Waals surface area contributed by atoms with Crippen molar-refractivity contribution in [1.82, 2.24) is 5.32 Å². The second kappa shape index (κ2) is 6.11. The van der Waals surface area contributed by atoms with E-state index in [0.29, 0.717) is 0 Å². The van der Waals surface area contributed by atoms with E-state index in [1.165, 1.54) is 11.1 Å². The second-order valence-electron chi connectivity index (χ2n) is 3.87. The van der Waals surface area contributed by atoms with Crippen LogP contribution in [-0.2, 0) is 0 Å². The minimum atomic E-state index is -0.431. The molecule has 0 amide bonds. The highest BCUT2D eigenvalue weighted by molar-refractivity contribution is 5.85. The van der Waals surface area contributed by atoms with Gasteiger partial charge >= 0.3 is 0 Å². The van der Waals surface area contributed by atoms with Gasteiger partial charge in [-0.3, -0.25) is 0 Å². The van der Waals surface area contributed by atoms with Crippen LogP contribution in [0, 0.1) is 13.8 Å². The number of aliphatic hydroxyl groups excluding tert-OH is 1. The van der Waals surface area contributed by atoms with E-state index in [9.17, 15) is 5.11 Å². The predicted molar refractivity (Wildman–Crippen MR) is 66.6 cm³/mol. The van der Waals surface area contributed by atoms with Gasteiger partial charge in [0.15, 0.2) is 0 Å². The van der Waals surface area contributed by atoms with Crippen LogP contribution >= 0.6 is 12.4 Å². The summed E-state index contributed by atoms with van der Waals surface area (Å²) in [5.74, 6) is 0. The van der Waals surface area contributed by atoms with Gasteiger partial charge in [0.25, 0.3) is 0 Å². The van der Waals surface area contributed by atoms with Crippen molar-refractivity contribution >= 4 is 12.4 Å². The first-order chi connectivity index (χ1) is 6.56. The van der Waals surface area contributed by atoms with Crippen molar-refractivity contribution in [3.63, 3.8) is 0 Å². The smallest absolute Gasteiger partial charge is 0.0940 e. The lowest BCUT2D eigenvalue weighted by atomic mass is 9.99. The van der Waals surface area contributed by atoms with E-state index in [1.54, 1.807) is 0 Å². The van der Waals surface area contributed by atoms with Gasteiger partial charge in [-0.25, -0.2) is 0 Å².